The van der Waals surface area contributed by atoms with Crippen molar-refractivity contribution in [3.63, 3.8) is 0 Å². The van der Waals surface area contributed by atoms with E-state index in [2.05, 4.69) is 10.4 Å². The number of amides is 1. The molecule has 1 heterocycles. The fourth-order valence-corrected chi connectivity index (χ4v) is 2.88. The molecule has 146 valence electrons. The van der Waals surface area contributed by atoms with Crippen LogP contribution in [0, 0.1) is 0 Å². The summed E-state index contributed by atoms with van der Waals surface area (Å²) in [4.78, 5) is 12.3. The SMILES string of the molecule is O=C(NCC(O)COc1cccc(Cl)c1Cl)c1cnn(-c2cccc(Cl)c2)c1. The van der Waals surface area contributed by atoms with Crippen LogP contribution in [0.2, 0.25) is 15.1 Å². The van der Waals surface area contributed by atoms with Gasteiger partial charge in [0, 0.05) is 17.8 Å². The monoisotopic (exact) mass is 439 g/mol. The Morgan fingerprint density at radius 1 is 1.21 bits per heavy atom. The summed E-state index contributed by atoms with van der Waals surface area (Å²) >= 11 is 17.9. The van der Waals surface area contributed by atoms with Gasteiger partial charge in [-0.05, 0) is 30.3 Å². The number of rotatable bonds is 7. The molecule has 1 atom stereocenters. The van der Waals surface area contributed by atoms with Crippen molar-refractivity contribution in [2.75, 3.05) is 13.2 Å². The van der Waals surface area contributed by atoms with Crippen molar-refractivity contribution in [2.24, 2.45) is 0 Å². The highest BCUT2D eigenvalue weighted by atomic mass is 35.5. The topological polar surface area (TPSA) is 76.4 Å². The Hall–Kier alpha value is -2.25. The third kappa shape index (κ3) is 5.17. The fraction of sp³-hybridized carbons (Fsp3) is 0.158. The summed E-state index contributed by atoms with van der Waals surface area (Å²) in [5.41, 5.74) is 1.09. The molecule has 3 rings (SSSR count). The standard InChI is InChI=1S/C19H16Cl3N3O3/c20-13-3-1-4-14(7-13)25-10-12(8-24-25)19(27)23-9-15(26)11-28-17-6-2-5-16(21)18(17)22/h1-8,10,15,26H,9,11H2,(H,23,27). The van der Waals surface area contributed by atoms with Crippen LogP contribution >= 0.6 is 34.8 Å². The van der Waals surface area contributed by atoms with Gasteiger partial charge in [0.05, 0.1) is 22.5 Å². The number of carbonyl (C=O) groups is 1. The first-order valence-electron chi connectivity index (χ1n) is 8.27. The molecular formula is C19H16Cl3N3O3. The van der Waals surface area contributed by atoms with Crippen molar-refractivity contribution in [1.82, 2.24) is 15.1 Å². The van der Waals surface area contributed by atoms with Crippen molar-refractivity contribution < 1.29 is 14.6 Å². The molecule has 1 amide bonds. The maximum Gasteiger partial charge on any atom is 0.254 e. The van der Waals surface area contributed by atoms with Crippen LogP contribution in [0.15, 0.2) is 54.9 Å². The molecule has 3 aromatic rings. The van der Waals surface area contributed by atoms with Gasteiger partial charge in [-0.3, -0.25) is 4.79 Å². The van der Waals surface area contributed by atoms with Gasteiger partial charge in [0.1, 0.15) is 23.5 Å². The highest BCUT2D eigenvalue weighted by Gasteiger charge is 2.13. The Bertz CT molecular complexity index is 978. The lowest BCUT2D eigenvalue weighted by molar-refractivity contribution is 0.0844. The minimum atomic E-state index is -0.929. The highest BCUT2D eigenvalue weighted by Crippen LogP contribution is 2.31. The van der Waals surface area contributed by atoms with Crippen molar-refractivity contribution in [3.8, 4) is 11.4 Å². The smallest absolute Gasteiger partial charge is 0.254 e. The van der Waals surface area contributed by atoms with Crippen LogP contribution in [0.3, 0.4) is 0 Å². The molecule has 0 aliphatic rings. The minimum Gasteiger partial charge on any atom is -0.489 e. The van der Waals surface area contributed by atoms with E-state index in [1.165, 1.54) is 6.20 Å². The molecule has 1 unspecified atom stereocenters. The molecule has 0 spiro atoms. The molecule has 0 radical (unpaired) electrons. The quantitative estimate of drug-likeness (QED) is 0.582. The van der Waals surface area contributed by atoms with Gasteiger partial charge in [0.2, 0.25) is 0 Å². The van der Waals surface area contributed by atoms with E-state index in [0.717, 1.165) is 5.69 Å². The van der Waals surface area contributed by atoms with E-state index in [1.807, 2.05) is 6.07 Å². The molecule has 1 aromatic heterocycles. The van der Waals surface area contributed by atoms with Gasteiger partial charge < -0.3 is 15.2 Å². The van der Waals surface area contributed by atoms with E-state index in [0.29, 0.717) is 21.4 Å². The van der Waals surface area contributed by atoms with Gasteiger partial charge in [0.25, 0.3) is 5.91 Å². The van der Waals surface area contributed by atoms with E-state index >= 15 is 0 Å². The Morgan fingerprint density at radius 2 is 2.00 bits per heavy atom. The van der Waals surface area contributed by atoms with Crippen LogP contribution in [-0.2, 0) is 0 Å². The zero-order chi connectivity index (χ0) is 20.1. The third-order valence-electron chi connectivity index (χ3n) is 3.76. The summed E-state index contributed by atoms with van der Waals surface area (Å²) in [6.07, 6.45) is 2.09. The molecule has 0 saturated heterocycles. The number of nitrogens with one attached hydrogen (secondary N) is 1. The first-order chi connectivity index (χ1) is 13.4. The largest absolute Gasteiger partial charge is 0.489 e. The van der Waals surface area contributed by atoms with Gasteiger partial charge in [-0.25, -0.2) is 4.68 Å². The first-order valence-corrected chi connectivity index (χ1v) is 9.41. The Morgan fingerprint density at radius 3 is 2.79 bits per heavy atom. The van der Waals surface area contributed by atoms with E-state index in [4.69, 9.17) is 39.5 Å². The summed E-state index contributed by atoms with van der Waals surface area (Å²) < 4.78 is 6.99. The third-order valence-corrected chi connectivity index (χ3v) is 4.80. The summed E-state index contributed by atoms with van der Waals surface area (Å²) in [5.74, 6) is -0.00421. The number of benzene rings is 2. The summed E-state index contributed by atoms with van der Waals surface area (Å²) in [7, 11) is 0. The number of hydrogen-bond donors (Lipinski definition) is 2. The van der Waals surface area contributed by atoms with Gasteiger partial charge in [0.15, 0.2) is 0 Å². The highest BCUT2D eigenvalue weighted by molar-refractivity contribution is 6.42. The van der Waals surface area contributed by atoms with Crippen LogP contribution in [0.5, 0.6) is 5.75 Å². The fourth-order valence-electron chi connectivity index (χ4n) is 2.35. The van der Waals surface area contributed by atoms with Crippen molar-refractivity contribution in [1.29, 1.82) is 0 Å². The van der Waals surface area contributed by atoms with E-state index in [1.54, 1.807) is 47.3 Å². The lowest BCUT2D eigenvalue weighted by Crippen LogP contribution is -2.35. The van der Waals surface area contributed by atoms with Crippen LogP contribution < -0.4 is 10.1 Å². The second-order valence-corrected chi connectivity index (χ2v) is 7.10. The molecule has 2 aromatic carbocycles. The number of halogens is 3. The molecule has 6 nitrogen and oxygen atoms in total. The number of aliphatic hydroxyl groups is 1. The maximum atomic E-state index is 12.3. The Balaban J connectivity index is 1.52. The average Bonchev–Trinajstić information content (AvgIpc) is 3.17. The molecule has 0 aliphatic heterocycles. The van der Waals surface area contributed by atoms with Crippen LogP contribution in [0.4, 0.5) is 0 Å². The molecule has 0 fully saturated rings. The average molecular weight is 441 g/mol. The van der Waals surface area contributed by atoms with Gasteiger partial charge in [-0.15, -0.1) is 0 Å². The van der Waals surface area contributed by atoms with E-state index in [-0.39, 0.29) is 24.1 Å². The van der Waals surface area contributed by atoms with Crippen molar-refractivity contribution in [3.05, 3.63) is 75.5 Å². The number of nitrogens with zero attached hydrogens (tertiary/aromatic N) is 2. The summed E-state index contributed by atoms with van der Waals surface area (Å²) in [5, 5.41) is 18.0. The number of aliphatic hydroxyl groups excluding tert-OH is 1. The van der Waals surface area contributed by atoms with Crippen LogP contribution in [0.25, 0.3) is 5.69 Å². The second kappa shape index (κ2) is 9.30. The summed E-state index contributed by atoms with van der Waals surface area (Å²) in [6, 6.07) is 12.1. The predicted octanol–water partition coefficient (Wildman–Crippen LogP) is 4.00. The molecule has 2 N–H and O–H groups in total. The molecule has 9 heteroatoms. The summed E-state index contributed by atoms with van der Waals surface area (Å²) in [6.45, 7) is -0.0541. The lowest BCUT2D eigenvalue weighted by Gasteiger charge is -2.14. The zero-order valence-corrected chi connectivity index (χ0v) is 16.7. The van der Waals surface area contributed by atoms with Gasteiger partial charge in [-0.1, -0.05) is 46.9 Å². The first kappa shape index (κ1) is 20.5. The van der Waals surface area contributed by atoms with Gasteiger partial charge in [-0.2, -0.15) is 5.10 Å². The van der Waals surface area contributed by atoms with Gasteiger partial charge >= 0.3 is 0 Å². The minimum absolute atomic E-state index is 0.000632. The number of aromatic nitrogens is 2. The molecule has 0 saturated carbocycles. The van der Waals surface area contributed by atoms with Crippen molar-refractivity contribution in [2.45, 2.75) is 6.10 Å². The predicted molar refractivity (Wildman–Crippen MR) is 109 cm³/mol. The molecule has 0 bridgehead atoms. The molecule has 0 aliphatic carbocycles. The van der Waals surface area contributed by atoms with Crippen molar-refractivity contribution >= 4 is 40.7 Å². The Labute approximate surface area is 176 Å². The molecule has 28 heavy (non-hydrogen) atoms. The van der Waals surface area contributed by atoms with E-state index in [9.17, 15) is 9.90 Å². The lowest BCUT2D eigenvalue weighted by atomic mass is 10.3. The molecular weight excluding hydrogens is 425 g/mol. The van der Waals surface area contributed by atoms with Crippen LogP contribution in [0.1, 0.15) is 10.4 Å². The number of ether oxygens (including phenoxy) is 1. The normalized spacial score (nSPS) is 11.9. The van der Waals surface area contributed by atoms with Crippen LogP contribution in [-0.4, -0.2) is 40.0 Å². The second-order valence-electron chi connectivity index (χ2n) is 5.88. The van der Waals surface area contributed by atoms with E-state index < -0.39 is 6.10 Å². The zero-order valence-electron chi connectivity index (χ0n) is 14.5. The number of carbonyl (C=O) groups excluding carboxylic acids is 1. The number of hydrogen-bond acceptors (Lipinski definition) is 4. The maximum absolute atomic E-state index is 12.3. The Kier molecular flexibility index (Phi) is 6.80.